The Morgan fingerprint density at radius 2 is 1.76 bits per heavy atom. The number of sulfonamides is 1. The Balaban J connectivity index is 2.31. The lowest BCUT2D eigenvalue weighted by Gasteiger charge is -2.39. The van der Waals surface area contributed by atoms with Gasteiger partial charge in [0, 0.05) is 12.6 Å². The van der Waals surface area contributed by atoms with Gasteiger partial charge in [0.2, 0.25) is 10.0 Å². The van der Waals surface area contributed by atoms with Crippen LogP contribution in [0.15, 0.2) is 0 Å². The van der Waals surface area contributed by atoms with Gasteiger partial charge in [-0.05, 0) is 43.9 Å². The monoisotopic (exact) mass is 259 g/mol. The smallest absolute Gasteiger partial charge is 0.212 e. The van der Waals surface area contributed by atoms with Crippen molar-refractivity contribution in [3.63, 3.8) is 0 Å². The van der Waals surface area contributed by atoms with E-state index in [1.807, 2.05) is 0 Å². The van der Waals surface area contributed by atoms with Crippen molar-refractivity contribution in [2.75, 3.05) is 6.54 Å². The molecule has 2 fully saturated rings. The lowest BCUT2D eigenvalue weighted by atomic mass is 9.65. The summed E-state index contributed by atoms with van der Waals surface area (Å²) in [6.07, 6.45) is 3.19. The van der Waals surface area contributed by atoms with Gasteiger partial charge in [0.15, 0.2) is 0 Å². The van der Waals surface area contributed by atoms with E-state index in [-0.39, 0.29) is 22.1 Å². The molecule has 3 nitrogen and oxygen atoms in total. The zero-order chi connectivity index (χ0) is 13.1. The van der Waals surface area contributed by atoms with Crippen molar-refractivity contribution in [1.29, 1.82) is 0 Å². The van der Waals surface area contributed by atoms with Gasteiger partial charge < -0.3 is 0 Å². The first-order chi connectivity index (χ1) is 7.56. The van der Waals surface area contributed by atoms with Crippen molar-refractivity contribution >= 4 is 10.0 Å². The van der Waals surface area contributed by atoms with Gasteiger partial charge in [0.05, 0.1) is 5.25 Å². The fraction of sp³-hybridized carbons (Fsp3) is 1.00. The van der Waals surface area contributed by atoms with Crippen molar-refractivity contribution in [2.24, 2.45) is 10.8 Å². The average molecular weight is 259 g/mol. The number of hydrogen-bond acceptors (Lipinski definition) is 2. The second-order valence-corrected chi connectivity index (χ2v) is 9.79. The van der Waals surface area contributed by atoms with E-state index < -0.39 is 10.0 Å². The van der Waals surface area contributed by atoms with Crippen molar-refractivity contribution < 1.29 is 8.42 Å². The summed E-state index contributed by atoms with van der Waals surface area (Å²) < 4.78 is 26.5. The van der Waals surface area contributed by atoms with Crippen molar-refractivity contribution in [2.45, 2.75) is 65.2 Å². The molecule has 1 saturated carbocycles. The highest BCUT2D eigenvalue weighted by Gasteiger charge is 2.53. The van der Waals surface area contributed by atoms with Crippen LogP contribution in [0.25, 0.3) is 0 Å². The predicted octanol–water partition coefficient (Wildman–Crippen LogP) is 2.63. The Morgan fingerprint density at radius 3 is 2.29 bits per heavy atom. The van der Waals surface area contributed by atoms with Crippen LogP contribution in [0.3, 0.4) is 0 Å². The molecular formula is C13H25NO2S. The van der Waals surface area contributed by atoms with Gasteiger partial charge >= 0.3 is 0 Å². The molecule has 1 aliphatic heterocycles. The first-order valence-corrected chi connectivity index (χ1v) is 8.07. The third kappa shape index (κ3) is 2.26. The van der Waals surface area contributed by atoms with E-state index in [2.05, 4.69) is 20.8 Å². The highest BCUT2D eigenvalue weighted by molar-refractivity contribution is 7.89. The molecule has 2 atom stereocenters. The van der Waals surface area contributed by atoms with Crippen molar-refractivity contribution in [1.82, 2.24) is 4.31 Å². The summed E-state index contributed by atoms with van der Waals surface area (Å²) in [7, 11) is -3.09. The average Bonchev–Trinajstić information content (AvgIpc) is 2.34. The summed E-state index contributed by atoms with van der Waals surface area (Å²) in [6.45, 7) is 11.1. The molecule has 2 bridgehead atoms. The zero-order valence-electron chi connectivity index (χ0n) is 11.7. The van der Waals surface area contributed by atoms with E-state index in [0.29, 0.717) is 0 Å². The van der Waals surface area contributed by atoms with Crippen LogP contribution in [0.1, 0.15) is 53.9 Å². The van der Waals surface area contributed by atoms with Crippen molar-refractivity contribution in [3.8, 4) is 0 Å². The number of rotatable bonds is 2. The molecule has 2 unspecified atom stereocenters. The topological polar surface area (TPSA) is 37.4 Å². The van der Waals surface area contributed by atoms with Gasteiger partial charge in [-0.25, -0.2) is 8.42 Å². The molecule has 2 rings (SSSR count). The van der Waals surface area contributed by atoms with Gasteiger partial charge in [-0.2, -0.15) is 4.31 Å². The second kappa shape index (κ2) is 3.70. The molecule has 0 aromatic carbocycles. The third-order valence-electron chi connectivity index (χ3n) is 4.29. The van der Waals surface area contributed by atoms with Crippen LogP contribution in [0.4, 0.5) is 0 Å². The molecule has 0 spiro atoms. The van der Waals surface area contributed by atoms with Crippen molar-refractivity contribution in [3.05, 3.63) is 0 Å². The number of nitrogens with zero attached hydrogens (tertiary/aromatic N) is 1. The molecule has 1 heterocycles. The molecule has 0 aromatic heterocycles. The summed E-state index contributed by atoms with van der Waals surface area (Å²) in [4.78, 5) is 0. The second-order valence-electron chi connectivity index (χ2n) is 7.35. The molecule has 0 amide bonds. The SMILES string of the molecule is CC(C)S(=O)(=O)N1CC2(C)CC1CC(C)(C)C2. The van der Waals surface area contributed by atoms with E-state index in [0.717, 1.165) is 25.8 Å². The van der Waals surface area contributed by atoms with E-state index in [4.69, 9.17) is 0 Å². The fourth-order valence-electron chi connectivity index (χ4n) is 3.98. The summed E-state index contributed by atoms with van der Waals surface area (Å²) in [5.41, 5.74) is 0.466. The normalized spacial score (nSPS) is 37.6. The first kappa shape index (κ1) is 13.3. The fourth-order valence-corrected chi connectivity index (χ4v) is 5.57. The van der Waals surface area contributed by atoms with Crippen LogP contribution < -0.4 is 0 Å². The van der Waals surface area contributed by atoms with Crippen LogP contribution in [-0.2, 0) is 10.0 Å². The van der Waals surface area contributed by atoms with Crippen LogP contribution in [0.2, 0.25) is 0 Å². The molecule has 4 heteroatoms. The molecule has 1 saturated heterocycles. The Hall–Kier alpha value is -0.0900. The maximum absolute atomic E-state index is 12.4. The van der Waals surface area contributed by atoms with E-state index in [1.165, 1.54) is 0 Å². The lowest BCUT2D eigenvalue weighted by molar-refractivity contribution is 0.133. The van der Waals surface area contributed by atoms with Gasteiger partial charge in [-0.15, -0.1) is 0 Å². The molecular weight excluding hydrogens is 234 g/mol. The van der Waals surface area contributed by atoms with E-state index in [9.17, 15) is 8.42 Å². The highest BCUT2D eigenvalue weighted by Crippen LogP contribution is 2.53. The largest absolute Gasteiger partial charge is 0.216 e. The molecule has 0 N–H and O–H groups in total. The van der Waals surface area contributed by atoms with E-state index >= 15 is 0 Å². The maximum atomic E-state index is 12.4. The minimum atomic E-state index is -3.09. The van der Waals surface area contributed by atoms with Crippen LogP contribution in [0.5, 0.6) is 0 Å². The van der Waals surface area contributed by atoms with E-state index in [1.54, 1.807) is 18.2 Å². The summed E-state index contributed by atoms with van der Waals surface area (Å²) >= 11 is 0. The Morgan fingerprint density at radius 1 is 1.18 bits per heavy atom. The number of hydrogen-bond donors (Lipinski definition) is 0. The lowest BCUT2D eigenvalue weighted by Crippen LogP contribution is -2.40. The van der Waals surface area contributed by atoms with Gasteiger partial charge in [-0.1, -0.05) is 20.8 Å². The maximum Gasteiger partial charge on any atom is 0.216 e. The molecule has 0 radical (unpaired) electrons. The zero-order valence-corrected chi connectivity index (χ0v) is 12.5. The Kier molecular flexibility index (Phi) is 2.91. The van der Waals surface area contributed by atoms with Gasteiger partial charge in [0.1, 0.15) is 0 Å². The summed E-state index contributed by atoms with van der Waals surface area (Å²) in [5, 5.41) is -0.298. The quantitative estimate of drug-likeness (QED) is 0.764. The molecule has 17 heavy (non-hydrogen) atoms. The van der Waals surface area contributed by atoms with Crippen LogP contribution >= 0.6 is 0 Å². The summed E-state index contributed by atoms with van der Waals surface area (Å²) in [5.74, 6) is 0. The third-order valence-corrected chi connectivity index (χ3v) is 6.56. The van der Waals surface area contributed by atoms with Crippen LogP contribution in [-0.4, -0.2) is 30.6 Å². The molecule has 1 aliphatic carbocycles. The first-order valence-electron chi connectivity index (χ1n) is 6.57. The number of fused-ring (bicyclic) bond motifs is 2. The molecule has 0 aromatic rings. The Bertz CT molecular complexity index is 413. The molecule has 100 valence electrons. The highest BCUT2D eigenvalue weighted by atomic mass is 32.2. The minimum absolute atomic E-state index is 0.189. The van der Waals surface area contributed by atoms with Gasteiger partial charge in [-0.3, -0.25) is 0 Å². The standard InChI is InChI=1S/C13H25NO2S/c1-10(2)17(15,16)14-9-13(5)7-11(14)6-12(3,4)8-13/h10-11H,6-9H2,1-5H3. The van der Waals surface area contributed by atoms with Gasteiger partial charge in [0.25, 0.3) is 0 Å². The minimum Gasteiger partial charge on any atom is -0.212 e. The molecule has 2 aliphatic rings. The Labute approximate surface area is 106 Å². The predicted molar refractivity (Wildman–Crippen MR) is 70.3 cm³/mol. The van der Waals surface area contributed by atoms with Crippen LogP contribution in [0, 0.1) is 10.8 Å². The summed E-state index contributed by atoms with van der Waals surface area (Å²) in [6, 6.07) is 0.233.